The number of hydrogen-bond acceptors (Lipinski definition) is 9. The number of fused-ring (bicyclic) bond motifs is 1. The van der Waals surface area contributed by atoms with E-state index in [1.54, 1.807) is 48.8 Å². The summed E-state index contributed by atoms with van der Waals surface area (Å²) in [5.74, 6) is 1.47. The maximum absolute atomic E-state index is 12.6. The zero-order valence-electron chi connectivity index (χ0n) is 23.4. The number of anilines is 5. The van der Waals surface area contributed by atoms with E-state index < -0.39 is 6.03 Å². The maximum Gasteiger partial charge on any atom is 0.323 e. The third-order valence-electron chi connectivity index (χ3n) is 6.86. The molecule has 0 atom stereocenters. The molecule has 216 valence electrons. The van der Waals surface area contributed by atoms with E-state index in [2.05, 4.69) is 30.8 Å². The van der Waals surface area contributed by atoms with E-state index in [-0.39, 0.29) is 11.9 Å². The van der Waals surface area contributed by atoms with Crippen LogP contribution in [0.15, 0.2) is 79.1 Å². The van der Waals surface area contributed by atoms with Crippen molar-refractivity contribution < 1.29 is 14.3 Å². The van der Waals surface area contributed by atoms with E-state index in [1.807, 2.05) is 30.3 Å². The average molecular weight is 576 g/mol. The lowest BCUT2D eigenvalue weighted by atomic mass is 10.1. The molecule has 0 spiro atoms. The predicted molar refractivity (Wildman–Crippen MR) is 167 cm³/mol. The number of rotatable bonds is 6. The van der Waals surface area contributed by atoms with Gasteiger partial charge in [0.15, 0.2) is 5.82 Å². The number of nitrogens with one attached hydrogen (secondary N) is 3. The van der Waals surface area contributed by atoms with E-state index in [1.165, 1.54) is 6.92 Å². The van der Waals surface area contributed by atoms with Gasteiger partial charge in [-0.1, -0.05) is 6.07 Å². The number of carbonyl (C=O) groups is 2. The number of morpholine rings is 1. The summed E-state index contributed by atoms with van der Waals surface area (Å²) in [6.45, 7) is 4.15. The van der Waals surface area contributed by atoms with Crippen LogP contribution in [0.4, 0.5) is 33.6 Å². The fourth-order valence-electron chi connectivity index (χ4n) is 4.76. The molecule has 6 rings (SSSR count). The van der Waals surface area contributed by atoms with Crippen LogP contribution in [0.3, 0.4) is 0 Å². The maximum atomic E-state index is 12.6. The van der Waals surface area contributed by atoms with Crippen LogP contribution in [0.2, 0.25) is 0 Å². The summed E-state index contributed by atoms with van der Waals surface area (Å²) in [5, 5.41) is 9.25. The molecular weight excluding hydrogens is 546 g/mol. The van der Waals surface area contributed by atoms with E-state index in [0.29, 0.717) is 36.1 Å². The number of hydrogen-bond donors (Lipinski definition) is 4. The van der Waals surface area contributed by atoms with Crippen LogP contribution in [0.1, 0.15) is 6.92 Å². The molecule has 3 amide bonds. The molecule has 1 aliphatic rings. The van der Waals surface area contributed by atoms with Crippen molar-refractivity contribution in [2.45, 2.75) is 6.92 Å². The van der Waals surface area contributed by atoms with Gasteiger partial charge in [-0.2, -0.15) is 0 Å². The number of amides is 3. The highest BCUT2D eigenvalue weighted by Gasteiger charge is 2.19. The molecule has 0 aliphatic carbocycles. The summed E-state index contributed by atoms with van der Waals surface area (Å²) in [6.07, 6.45) is 3.38. The highest BCUT2D eigenvalue weighted by molar-refractivity contribution is 6.00. The van der Waals surface area contributed by atoms with E-state index in [9.17, 15) is 9.59 Å². The Morgan fingerprint density at radius 3 is 1.98 bits per heavy atom. The highest BCUT2D eigenvalue weighted by atomic mass is 16.5. The fourth-order valence-corrected chi connectivity index (χ4v) is 4.76. The number of ether oxygens (including phenoxy) is 1. The van der Waals surface area contributed by atoms with Gasteiger partial charge >= 0.3 is 6.03 Å². The molecule has 43 heavy (non-hydrogen) atoms. The lowest BCUT2D eigenvalue weighted by Crippen LogP contribution is -2.37. The summed E-state index contributed by atoms with van der Waals surface area (Å²) in [5.41, 5.74) is 10.9. The quantitative estimate of drug-likeness (QED) is 0.223. The number of nitrogen functional groups attached to an aromatic ring is 1. The van der Waals surface area contributed by atoms with Gasteiger partial charge in [-0.15, -0.1) is 0 Å². The monoisotopic (exact) mass is 575 g/mol. The first-order valence-electron chi connectivity index (χ1n) is 13.7. The first kappa shape index (κ1) is 27.5. The van der Waals surface area contributed by atoms with Crippen molar-refractivity contribution in [3.8, 4) is 22.5 Å². The van der Waals surface area contributed by atoms with Gasteiger partial charge < -0.3 is 31.3 Å². The zero-order valence-corrected chi connectivity index (χ0v) is 23.4. The predicted octanol–water partition coefficient (Wildman–Crippen LogP) is 4.78. The standard InChI is InChI=1S/C31H29N9O3/c1-19(41)35-23-7-9-25(10-8-23)37-31(42)36-24-5-2-20(3-6-24)28-38-27-16-21(22-17-33-30(32)34-18-22)4-11-26(27)29(39-28)40-12-14-43-15-13-40/h2-11,16-18H,12-15H2,1H3,(H,35,41)(H2,32,33,34)(H2,36,37,42). The third-order valence-corrected chi connectivity index (χ3v) is 6.86. The molecule has 3 heterocycles. The number of urea groups is 1. The molecule has 5 N–H and O–H groups in total. The summed E-state index contributed by atoms with van der Waals surface area (Å²) in [4.78, 5) is 44.1. The van der Waals surface area contributed by atoms with Gasteiger partial charge in [-0.25, -0.2) is 24.7 Å². The minimum Gasteiger partial charge on any atom is -0.378 e. The van der Waals surface area contributed by atoms with E-state index in [4.69, 9.17) is 20.4 Å². The molecule has 0 bridgehead atoms. The first-order chi connectivity index (χ1) is 20.9. The Morgan fingerprint density at radius 2 is 1.35 bits per heavy atom. The number of carbonyl (C=O) groups excluding carboxylic acids is 2. The van der Waals surface area contributed by atoms with Crippen LogP contribution in [-0.4, -0.2) is 58.2 Å². The first-order valence-corrected chi connectivity index (χ1v) is 13.7. The van der Waals surface area contributed by atoms with Crippen molar-refractivity contribution in [2.24, 2.45) is 0 Å². The molecule has 5 aromatic rings. The van der Waals surface area contributed by atoms with Crippen molar-refractivity contribution in [2.75, 3.05) is 52.9 Å². The van der Waals surface area contributed by atoms with E-state index in [0.717, 1.165) is 46.5 Å². The van der Waals surface area contributed by atoms with Crippen molar-refractivity contribution >= 4 is 51.7 Å². The van der Waals surface area contributed by atoms with Crippen molar-refractivity contribution in [1.82, 2.24) is 19.9 Å². The summed E-state index contributed by atoms with van der Waals surface area (Å²) in [6, 6.07) is 19.9. The fraction of sp³-hybridized carbons (Fsp3) is 0.161. The van der Waals surface area contributed by atoms with Gasteiger partial charge in [0.25, 0.3) is 0 Å². The van der Waals surface area contributed by atoms with Crippen LogP contribution < -0.4 is 26.6 Å². The van der Waals surface area contributed by atoms with E-state index >= 15 is 0 Å². The average Bonchev–Trinajstić information content (AvgIpc) is 3.02. The molecule has 12 nitrogen and oxygen atoms in total. The molecule has 0 saturated carbocycles. The molecule has 0 unspecified atom stereocenters. The zero-order chi connectivity index (χ0) is 29.8. The smallest absolute Gasteiger partial charge is 0.323 e. The van der Waals surface area contributed by atoms with Crippen molar-refractivity contribution in [3.05, 3.63) is 79.1 Å². The summed E-state index contributed by atoms with van der Waals surface area (Å²) >= 11 is 0. The van der Waals surface area contributed by atoms with Crippen LogP contribution in [0, 0.1) is 0 Å². The van der Waals surface area contributed by atoms with Crippen molar-refractivity contribution in [3.63, 3.8) is 0 Å². The largest absolute Gasteiger partial charge is 0.378 e. The second-order valence-corrected chi connectivity index (χ2v) is 9.95. The lowest BCUT2D eigenvalue weighted by Gasteiger charge is -2.29. The SMILES string of the molecule is CC(=O)Nc1ccc(NC(=O)Nc2ccc(-c3nc(N4CCOCC4)c4ccc(-c5cnc(N)nc5)cc4n3)cc2)cc1. The molecule has 1 saturated heterocycles. The van der Waals surface area contributed by atoms with Gasteiger partial charge in [0.2, 0.25) is 11.9 Å². The van der Waals surface area contributed by atoms with Crippen LogP contribution in [-0.2, 0) is 9.53 Å². The van der Waals surface area contributed by atoms with Crippen LogP contribution in [0.25, 0.3) is 33.4 Å². The van der Waals surface area contributed by atoms with Gasteiger partial charge in [-0.3, -0.25) is 4.79 Å². The Labute approximate surface area is 247 Å². The molecule has 3 aromatic carbocycles. The molecule has 12 heteroatoms. The third kappa shape index (κ3) is 6.49. The molecule has 0 radical (unpaired) electrons. The Kier molecular flexibility index (Phi) is 7.74. The number of nitrogens with two attached hydrogens (primary N) is 1. The van der Waals surface area contributed by atoms with Gasteiger partial charge in [0, 0.05) is 66.0 Å². The Balaban J connectivity index is 1.24. The highest BCUT2D eigenvalue weighted by Crippen LogP contribution is 2.31. The Morgan fingerprint density at radius 1 is 0.767 bits per heavy atom. The minimum absolute atomic E-state index is 0.161. The molecule has 1 fully saturated rings. The van der Waals surface area contributed by atoms with Gasteiger partial charge in [0.05, 0.1) is 18.7 Å². The minimum atomic E-state index is -0.393. The molecule has 1 aliphatic heterocycles. The summed E-state index contributed by atoms with van der Waals surface area (Å²) < 4.78 is 5.57. The molecular formula is C31H29N9O3. The Hall–Kier alpha value is -5.62. The topological polar surface area (TPSA) is 160 Å². The normalized spacial score (nSPS) is 13.0. The Bertz CT molecular complexity index is 1770. The summed E-state index contributed by atoms with van der Waals surface area (Å²) in [7, 11) is 0. The van der Waals surface area contributed by atoms with Gasteiger partial charge in [0.1, 0.15) is 5.82 Å². The number of benzene rings is 3. The second-order valence-electron chi connectivity index (χ2n) is 9.95. The lowest BCUT2D eigenvalue weighted by molar-refractivity contribution is -0.114. The number of nitrogens with zero attached hydrogens (tertiary/aromatic N) is 5. The molecule has 2 aromatic heterocycles. The van der Waals surface area contributed by atoms with Crippen molar-refractivity contribution in [1.29, 1.82) is 0 Å². The van der Waals surface area contributed by atoms with Gasteiger partial charge in [-0.05, 0) is 66.2 Å². The second kappa shape index (κ2) is 12.1. The number of aromatic nitrogens is 4. The van der Waals surface area contributed by atoms with Crippen LogP contribution >= 0.6 is 0 Å². The van der Waals surface area contributed by atoms with Crippen LogP contribution in [0.5, 0.6) is 0 Å².